The Morgan fingerprint density at radius 1 is 0.730 bits per heavy atom. The van der Waals surface area contributed by atoms with Gasteiger partial charge in [0.15, 0.2) is 12.2 Å². The van der Waals surface area contributed by atoms with Crippen LogP contribution in [0.2, 0.25) is 0 Å². The van der Waals surface area contributed by atoms with Crippen LogP contribution in [0.5, 0.6) is 0 Å². The minimum atomic E-state index is -1.39. The highest BCUT2D eigenvalue weighted by Gasteiger charge is 2.52. The van der Waals surface area contributed by atoms with Crippen molar-refractivity contribution in [3.05, 3.63) is 0 Å². The quantitative estimate of drug-likeness (QED) is 0.180. The predicted molar refractivity (Wildman–Crippen MR) is 132 cm³/mol. The van der Waals surface area contributed by atoms with E-state index in [1.165, 1.54) is 6.92 Å². The van der Waals surface area contributed by atoms with Crippen molar-refractivity contribution in [2.75, 3.05) is 6.61 Å². The summed E-state index contributed by atoms with van der Waals surface area (Å²) in [5.74, 6) is -3.14. The zero-order valence-electron chi connectivity index (χ0n) is 23.5. The SMILES string of the molecule is [2H]CCCCCCCCCCCC(=O)N[C@H]1C(OC(C)=O)O[C@H](COC(C)=O)[C@@H](OC(C)=O)[C@@H]1OC(C)=O. The Bertz CT molecular complexity index is 777. The van der Waals surface area contributed by atoms with Gasteiger partial charge in [-0.15, -0.1) is 0 Å². The lowest BCUT2D eigenvalue weighted by molar-refractivity contribution is -0.271. The van der Waals surface area contributed by atoms with Crippen molar-refractivity contribution in [2.24, 2.45) is 0 Å². The van der Waals surface area contributed by atoms with Crippen LogP contribution in [-0.4, -0.2) is 67.0 Å². The van der Waals surface area contributed by atoms with Gasteiger partial charge in [-0.25, -0.2) is 0 Å². The minimum absolute atomic E-state index is 0.189. The van der Waals surface area contributed by atoms with Crippen LogP contribution in [0, 0.1) is 0 Å². The Balaban J connectivity index is 2.83. The third-order valence-electron chi connectivity index (χ3n) is 5.71. The van der Waals surface area contributed by atoms with Gasteiger partial charge in [-0.1, -0.05) is 58.3 Å². The van der Waals surface area contributed by atoms with Crippen LogP contribution in [0.1, 0.15) is 100 Å². The average molecular weight is 531 g/mol. The Morgan fingerprint density at radius 3 is 1.81 bits per heavy atom. The van der Waals surface area contributed by atoms with Crippen LogP contribution in [0.25, 0.3) is 0 Å². The summed E-state index contributed by atoms with van der Waals surface area (Å²) in [6.45, 7) is 4.75. The van der Waals surface area contributed by atoms with Crippen molar-refractivity contribution in [1.82, 2.24) is 5.32 Å². The molecule has 0 spiro atoms. The maximum Gasteiger partial charge on any atom is 0.305 e. The van der Waals surface area contributed by atoms with E-state index in [0.717, 1.165) is 72.1 Å². The Morgan fingerprint density at radius 2 is 1.27 bits per heavy atom. The largest absolute Gasteiger partial charge is 0.463 e. The molecule has 1 heterocycles. The summed E-state index contributed by atoms with van der Waals surface area (Å²) in [5.41, 5.74) is 0. The molecule has 1 rings (SSSR count). The molecule has 1 unspecified atom stereocenters. The molecule has 1 fully saturated rings. The van der Waals surface area contributed by atoms with Crippen LogP contribution in [0.3, 0.4) is 0 Å². The van der Waals surface area contributed by atoms with E-state index < -0.39 is 54.5 Å². The molecule has 5 atom stereocenters. The molecule has 1 saturated heterocycles. The molecule has 1 N–H and O–H groups in total. The summed E-state index contributed by atoms with van der Waals surface area (Å²) in [7, 11) is 0. The van der Waals surface area contributed by atoms with E-state index in [1.807, 2.05) is 0 Å². The number of nitrogens with one attached hydrogen (secondary N) is 1. The molecule has 0 bridgehead atoms. The second kappa shape index (κ2) is 17.7. The van der Waals surface area contributed by atoms with Gasteiger partial charge in [-0.05, 0) is 6.42 Å². The molecule has 0 aromatic carbocycles. The fourth-order valence-electron chi connectivity index (χ4n) is 4.10. The summed E-state index contributed by atoms with van der Waals surface area (Å²) >= 11 is 0. The van der Waals surface area contributed by atoms with Gasteiger partial charge in [0, 0.05) is 35.5 Å². The number of hydrogen-bond acceptors (Lipinski definition) is 10. The van der Waals surface area contributed by atoms with Crippen molar-refractivity contribution in [2.45, 2.75) is 129 Å². The van der Waals surface area contributed by atoms with Gasteiger partial charge in [0.1, 0.15) is 18.8 Å². The summed E-state index contributed by atoms with van der Waals surface area (Å²) in [6.07, 6.45) is 4.22. The molecule has 0 aromatic rings. The van der Waals surface area contributed by atoms with E-state index in [9.17, 15) is 24.0 Å². The molecule has 0 saturated carbocycles. The Labute approximate surface area is 220 Å². The molecule has 37 heavy (non-hydrogen) atoms. The van der Waals surface area contributed by atoms with Crippen LogP contribution >= 0.6 is 0 Å². The third kappa shape index (κ3) is 13.4. The standard InChI is InChI=1S/C26H43NO10/c1-6-7-8-9-10-11-12-13-14-15-22(32)27-23-25(35-19(4)30)24(34-18(3)29)21(16-33-17(2)28)37-26(23)36-20(5)31/h21,23-26H,6-16H2,1-5H3,(H,27,32)/t21-,23-,24-,25-,26?/m1/s1/i1D. The highest BCUT2D eigenvalue weighted by atomic mass is 16.7. The molecule has 1 aliphatic heterocycles. The molecule has 1 amide bonds. The molecule has 212 valence electrons. The van der Waals surface area contributed by atoms with E-state index in [-0.39, 0.29) is 18.9 Å². The van der Waals surface area contributed by atoms with Gasteiger partial charge < -0.3 is 29.0 Å². The lowest BCUT2D eigenvalue weighted by atomic mass is 9.95. The van der Waals surface area contributed by atoms with Crippen LogP contribution in [-0.2, 0) is 47.7 Å². The fraction of sp³-hybridized carbons (Fsp3) is 0.808. The summed E-state index contributed by atoms with van der Waals surface area (Å²) in [4.78, 5) is 59.7. The van der Waals surface area contributed by atoms with E-state index in [4.69, 9.17) is 25.1 Å². The third-order valence-corrected chi connectivity index (χ3v) is 5.71. The summed E-state index contributed by atoms with van der Waals surface area (Å²) < 4.78 is 34.0. The van der Waals surface area contributed by atoms with E-state index in [2.05, 4.69) is 5.32 Å². The topological polar surface area (TPSA) is 144 Å². The number of rotatable bonds is 16. The minimum Gasteiger partial charge on any atom is -0.463 e. The van der Waals surface area contributed by atoms with Crippen molar-refractivity contribution in [1.29, 1.82) is 0 Å². The lowest BCUT2D eigenvalue weighted by Gasteiger charge is -2.44. The molecule has 0 radical (unpaired) electrons. The molecule has 11 heteroatoms. The Hall–Kier alpha value is -2.69. The molecular formula is C26H43NO10. The van der Waals surface area contributed by atoms with Crippen molar-refractivity contribution in [3.63, 3.8) is 0 Å². The first-order valence-corrected chi connectivity index (χ1v) is 12.9. The van der Waals surface area contributed by atoms with E-state index in [1.54, 1.807) is 0 Å². The number of amides is 1. The van der Waals surface area contributed by atoms with Crippen molar-refractivity contribution < 1.29 is 49.0 Å². The van der Waals surface area contributed by atoms with Crippen LogP contribution in [0.4, 0.5) is 0 Å². The van der Waals surface area contributed by atoms with Gasteiger partial charge >= 0.3 is 23.9 Å². The number of esters is 4. The first-order valence-electron chi connectivity index (χ1n) is 13.6. The maximum absolute atomic E-state index is 12.8. The summed E-state index contributed by atoms with van der Waals surface area (Å²) in [6, 6.07) is -1.17. The highest BCUT2D eigenvalue weighted by Crippen LogP contribution is 2.28. The van der Waals surface area contributed by atoms with E-state index >= 15 is 0 Å². The fourth-order valence-corrected chi connectivity index (χ4v) is 4.10. The van der Waals surface area contributed by atoms with Crippen molar-refractivity contribution >= 4 is 29.8 Å². The van der Waals surface area contributed by atoms with Gasteiger partial charge in [0.25, 0.3) is 0 Å². The highest BCUT2D eigenvalue weighted by molar-refractivity contribution is 5.76. The lowest BCUT2D eigenvalue weighted by Crippen LogP contribution is -2.67. The number of carbonyl (C=O) groups is 5. The number of ether oxygens (including phenoxy) is 5. The zero-order valence-corrected chi connectivity index (χ0v) is 22.5. The normalized spacial score (nSPS) is 23.4. The van der Waals surface area contributed by atoms with Gasteiger partial charge in [-0.2, -0.15) is 0 Å². The summed E-state index contributed by atoms with van der Waals surface area (Å²) in [5, 5.41) is 2.72. The second-order valence-electron chi connectivity index (χ2n) is 9.13. The molecular weight excluding hydrogens is 486 g/mol. The van der Waals surface area contributed by atoms with Crippen LogP contribution in [0.15, 0.2) is 0 Å². The number of unbranched alkanes of at least 4 members (excludes halogenated alkanes) is 8. The average Bonchev–Trinajstić information content (AvgIpc) is 2.81. The maximum atomic E-state index is 12.8. The van der Waals surface area contributed by atoms with Gasteiger partial charge in [0.2, 0.25) is 12.2 Å². The van der Waals surface area contributed by atoms with Gasteiger partial charge in [-0.3, -0.25) is 24.0 Å². The molecule has 0 aliphatic carbocycles. The number of carbonyl (C=O) groups excluding carboxylic acids is 5. The van der Waals surface area contributed by atoms with Crippen molar-refractivity contribution in [3.8, 4) is 0 Å². The Kier molecular flexibility index (Phi) is 14.6. The van der Waals surface area contributed by atoms with Gasteiger partial charge in [0.05, 0.1) is 0 Å². The molecule has 0 aromatic heterocycles. The smallest absolute Gasteiger partial charge is 0.305 e. The predicted octanol–water partition coefficient (Wildman–Crippen LogP) is 3.11. The zero-order chi connectivity index (χ0) is 28.5. The first kappa shape index (κ1) is 30.5. The second-order valence-corrected chi connectivity index (χ2v) is 9.13. The first-order chi connectivity index (χ1) is 18.0. The molecule has 1 aliphatic rings. The molecule has 11 nitrogen and oxygen atoms in total. The van der Waals surface area contributed by atoms with E-state index in [0.29, 0.717) is 13.3 Å². The number of hydrogen-bond donors (Lipinski definition) is 1. The monoisotopic (exact) mass is 530 g/mol. The van der Waals surface area contributed by atoms with Crippen LogP contribution < -0.4 is 5.32 Å².